The molecule has 4 heteroatoms. The van der Waals surface area contributed by atoms with E-state index >= 15 is 0 Å². The first kappa shape index (κ1) is 12.4. The second kappa shape index (κ2) is 4.92. The normalized spacial score (nSPS) is 11.8. The van der Waals surface area contributed by atoms with Gasteiger partial charge in [0.2, 0.25) is 0 Å². The van der Waals surface area contributed by atoms with Gasteiger partial charge in [0, 0.05) is 5.41 Å². The molecule has 15 heavy (non-hydrogen) atoms. The zero-order chi connectivity index (χ0) is 11.5. The third-order valence-electron chi connectivity index (χ3n) is 2.41. The number of halogens is 2. The summed E-state index contributed by atoms with van der Waals surface area (Å²) >= 11 is 5.77. The fraction of sp³-hybridized carbons (Fsp3) is 0.455. The summed E-state index contributed by atoms with van der Waals surface area (Å²) < 4.78 is 13.1. The average molecular weight is 233 g/mol. The molecule has 0 heterocycles. The SMILES string of the molecule is CC(CO)(CO)Cc1cccc(F)c1Cl. The molecule has 1 aromatic rings. The summed E-state index contributed by atoms with van der Waals surface area (Å²) in [5, 5.41) is 18.3. The summed E-state index contributed by atoms with van der Waals surface area (Å²) in [6.07, 6.45) is 0.344. The van der Waals surface area contributed by atoms with E-state index in [-0.39, 0.29) is 18.2 Å². The standard InChI is InChI=1S/C11H14ClFO2/c1-11(6-14,7-15)5-8-3-2-4-9(13)10(8)12/h2-4,14-15H,5-7H2,1H3. The third-order valence-corrected chi connectivity index (χ3v) is 2.84. The monoisotopic (exact) mass is 232 g/mol. The summed E-state index contributed by atoms with van der Waals surface area (Å²) in [6, 6.07) is 4.53. The van der Waals surface area contributed by atoms with Gasteiger partial charge < -0.3 is 10.2 Å². The molecule has 0 aliphatic heterocycles. The topological polar surface area (TPSA) is 40.5 Å². The zero-order valence-corrected chi connectivity index (χ0v) is 9.26. The number of aliphatic hydroxyl groups excluding tert-OH is 2. The highest BCUT2D eigenvalue weighted by atomic mass is 35.5. The molecular formula is C11H14ClFO2. The van der Waals surface area contributed by atoms with Crippen molar-refractivity contribution in [3.63, 3.8) is 0 Å². The second-order valence-corrected chi connectivity index (χ2v) is 4.39. The van der Waals surface area contributed by atoms with Crippen molar-refractivity contribution in [1.29, 1.82) is 0 Å². The van der Waals surface area contributed by atoms with Crippen LogP contribution >= 0.6 is 11.6 Å². The number of hydrogen-bond acceptors (Lipinski definition) is 2. The minimum atomic E-state index is -0.669. The van der Waals surface area contributed by atoms with E-state index in [2.05, 4.69) is 0 Å². The van der Waals surface area contributed by atoms with Crippen molar-refractivity contribution in [2.45, 2.75) is 13.3 Å². The minimum absolute atomic E-state index is 0.0608. The molecule has 0 amide bonds. The fourth-order valence-electron chi connectivity index (χ4n) is 1.31. The van der Waals surface area contributed by atoms with Gasteiger partial charge >= 0.3 is 0 Å². The molecule has 1 rings (SSSR count). The highest BCUT2D eigenvalue weighted by Gasteiger charge is 2.24. The number of rotatable bonds is 4. The van der Waals surface area contributed by atoms with Gasteiger partial charge in [-0.2, -0.15) is 0 Å². The van der Waals surface area contributed by atoms with Crippen LogP contribution in [0.5, 0.6) is 0 Å². The Bertz CT molecular complexity index is 337. The van der Waals surface area contributed by atoms with Gasteiger partial charge in [-0.3, -0.25) is 0 Å². The van der Waals surface area contributed by atoms with Gasteiger partial charge in [0.25, 0.3) is 0 Å². The lowest BCUT2D eigenvalue weighted by molar-refractivity contribution is 0.0703. The van der Waals surface area contributed by atoms with Crippen LogP contribution < -0.4 is 0 Å². The minimum Gasteiger partial charge on any atom is -0.396 e. The Morgan fingerprint density at radius 2 is 1.93 bits per heavy atom. The van der Waals surface area contributed by atoms with Gasteiger partial charge in [0.15, 0.2) is 0 Å². The zero-order valence-electron chi connectivity index (χ0n) is 8.50. The third kappa shape index (κ3) is 2.91. The van der Waals surface area contributed by atoms with Crippen LogP contribution in [-0.2, 0) is 6.42 Å². The first-order chi connectivity index (χ1) is 7.02. The van der Waals surface area contributed by atoms with Crippen LogP contribution in [0.3, 0.4) is 0 Å². The van der Waals surface area contributed by atoms with E-state index in [1.165, 1.54) is 6.07 Å². The summed E-state index contributed by atoms with van der Waals surface area (Å²) in [5.74, 6) is -0.479. The average Bonchev–Trinajstić information content (AvgIpc) is 2.25. The number of hydrogen-bond donors (Lipinski definition) is 2. The van der Waals surface area contributed by atoms with Crippen LogP contribution in [0.1, 0.15) is 12.5 Å². The predicted octanol–water partition coefficient (Wildman–Crippen LogP) is 2.01. The Hall–Kier alpha value is -0.640. The molecular weight excluding hydrogens is 219 g/mol. The molecule has 84 valence electrons. The van der Waals surface area contributed by atoms with Crippen LogP contribution in [0, 0.1) is 11.2 Å². The Kier molecular flexibility index (Phi) is 4.08. The molecule has 0 aliphatic carbocycles. The van der Waals surface area contributed by atoms with E-state index in [0.717, 1.165) is 0 Å². The highest BCUT2D eigenvalue weighted by molar-refractivity contribution is 6.31. The molecule has 0 bridgehead atoms. The van der Waals surface area contributed by atoms with Crippen molar-refractivity contribution in [3.05, 3.63) is 34.6 Å². The first-order valence-corrected chi connectivity index (χ1v) is 5.05. The molecule has 0 atom stereocenters. The Morgan fingerprint density at radius 1 is 1.33 bits per heavy atom. The summed E-state index contributed by atoms with van der Waals surface area (Å²) in [6.45, 7) is 1.38. The van der Waals surface area contributed by atoms with E-state index in [4.69, 9.17) is 21.8 Å². The fourth-order valence-corrected chi connectivity index (χ4v) is 1.50. The maximum absolute atomic E-state index is 13.1. The van der Waals surface area contributed by atoms with Crippen LogP contribution in [0.2, 0.25) is 5.02 Å². The Labute approximate surface area is 93.3 Å². The van der Waals surface area contributed by atoms with Gasteiger partial charge in [-0.05, 0) is 18.1 Å². The molecule has 0 saturated heterocycles. The Balaban J connectivity index is 2.94. The maximum atomic E-state index is 13.1. The van der Waals surface area contributed by atoms with Crippen molar-refractivity contribution < 1.29 is 14.6 Å². The van der Waals surface area contributed by atoms with Crippen molar-refractivity contribution in [2.75, 3.05) is 13.2 Å². The summed E-state index contributed by atoms with van der Waals surface area (Å²) in [7, 11) is 0. The predicted molar refractivity (Wildman–Crippen MR) is 57.4 cm³/mol. The summed E-state index contributed by atoms with van der Waals surface area (Å²) in [4.78, 5) is 0. The highest BCUT2D eigenvalue weighted by Crippen LogP contribution is 2.27. The van der Waals surface area contributed by atoms with Crippen molar-refractivity contribution in [2.24, 2.45) is 5.41 Å². The molecule has 0 aliphatic rings. The van der Waals surface area contributed by atoms with E-state index in [1.54, 1.807) is 19.1 Å². The molecule has 0 saturated carbocycles. The molecule has 0 radical (unpaired) electrons. The quantitative estimate of drug-likeness (QED) is 0.834. The molecule has 1 aromatic carbocycles. The van der Waals surface area contributed by atoms with Crippen LogP contribution in [0.4, 0.5) is 4.39 Å². The van der Waals surface area contributed by atoms with Crippen molar-refractivity contribution in [3.8, 4) is 0 Å². The summed E-state index contributed by atoms with van der Waals surface area (Å²) in [5.41, 5.74) is -0.0699. The Morgan fingerprint density at radius 3 is 2.47 bits per heavy atom. The first-order valence-electron chi connectivity index (χ1n) is 4.67. The van der Waals surface area contributed by atoms with Crippen LogP contribution in [0.25, 0.3) is 0 Å². The second-order valence-electron chi connectivity index (χ2n) is 4.02. The van der Waals surface area contributed by atoms with E-state index in [0.29, 0.717) is 12.0 Å². The molecule has 0 unspecified atom stereocenters. The van der Waals surface area contributed by atoms with Crippen molar-refractivity contribution in [1.82, 2.24) is 0 Å². The van der Waals surface area contributed by atoms with Gasteiger partial charge in [-0.15, -0.1) is 0 Å². The smallest absolute Gasteiger partial charge is 0.142 e. The van der Waals surface area contributed by atoms with E-state index < -0.39 is 11.2 Å². The molecule has 0 fully saturated rings. The van der Waals surface area contributed by atoms with Crippen molar-refractivity contribution >= 4 is 11.6 Å². The van der Waals surface area contributed by atoms with Crippen LogP contribution in [0.15, 0.2) is 18.2 Å². The lowest BCUT2D eigenvalue weighted by Crippen LogP contribution is -2.28. The lowest BCUT2D eigenvalue weighted by atomic mass is 9.85. The molecule has 2 N–H and O–H groups in total. The largest absolute Gasteiger partial charge is 0.396 e. The molecule has 2 nitrogen and oxygen atoms in total. The van der Waals surface area contributed by atoms with Gasteiger partial charge in [0.05, 0.1) is 18.2 Å². The van der Waals surface area contributed by atoms with E-state index in [1.807, 2.05) is 0 Å². The number of benzene rings is 1. The van der Waals surface area contributed by atoms with Gasteiger partial charge in [-0.25, -0.2) is 4.39 Å². The van der Waals surface area contributed by atoms with Gasteiger partial charge in [0.1, 0.15) is 5.82 Å². The van der Waals surface area contributed by atoms with Gasteiger partial charge in [-0.1, -0.05) is 30.7 Å². The molecule has 0 aromatic heterocycles. The maximum Gasteiger partial charge on any atom is 0.142 e. The van der Waals surface area contributed by atoms with Crippen LogP contribution in [-0.4, -0.2) is 23.4 Å². The van der Waals surface area contributed by atoms with E-state index in [9.17, 15) is 4.39 Å². The lowest BCUT2D eigenvalue weighted by Gasteiger charge is -2.25. The number of aliphatic hydroxyl groups is 2. The molecule has 0 spiro atoms.